The molecule has 23 heavy (non-hydrogen) atoms. The number of benzene rings is 1. The fourth-order valence-corrected chi connectivity index (χ4v) is 2.98. The molecule has 2 nitrogen and oxygen atoms in total. The Balaban J connectivity index is 3.12. The Morgan fingerprint density at radius 2 is 1.74 bits per heavy atom. The van der Waals surface area contributed by atoms with E-state index >= 15 is 0 Å². The Kier molecular flexibility index (Phi) is 9.23. The molecule has 0 radical (unpaired) electrons. The Morgan fingerprint density at radius 3 is 2.22 bits per heavy atom. The summed E-state index contributed by atoms with van der Waals surface area (Å²) in [5, 5.41) is 0.0709. The highest BCUT2D eigenvalue weighted by Gasteiger charge is 2.24. The van der Waals surface area contributed by atoms with Crippen LogP contribution in [-0.2, 0) is 4.79 Å². The zero-order valence-electron chi connectivity index (χ0n) is 14.6. The number of rotatable bonds is 10. The zero-order chi connectivity index (χ0) is 17.2. The van der Waals surface area contributed by atoms with Crippen LogP contribution >= 0.6 is 11.6 Å². The number of hydrogen-bond acceptors (Lipinski definition) is 1. The molecule has 4 heteroatoms. The number of anilines is 1. The molecular weight excluding hydrogens is 313 g/mol. The molecule has 0 fully saturated rings. The van der Waals surface area contributed by atoms with Gasteiger partial charge >= 0.3 is 0 Å². The molecule has 0 saturated carbocycles. The van der Waals surface area contributed by atoms with Crippen molar-refractivity contribution in [3.8, 4) is 0 Å². The SMILES string of the molecule is CCCCC(CCCC)N(C(=O)CCC)c1ccc(F)c(Cl)c1. The monoisotopic (exact) mass is 341 g/mol. The second-order valence-corrected chi connectivity index (χ2v) is 6.46. The number of nitrogens with zero attached hydrogens (tertiary/aromatic N) is 1. The van der Waals surface area contributed by atoms with Gasteiger partial charge in [-0.25, -0.2) is 4.39 Å². The van der Waals surface area contributed by atoms with Gasteiger partial charge in [0.2, 0.25) is 5.91 Å². The first-order chi connectivity index (χ1) is 11.0. The van der Waals surface area contributed by atoms with Crippen molar-refractivity contribution in [2.75, 3.05) is 4.90 Å². The van der Waals surface area contributed by atoms with E-state index in [1.807, 2.05) is 11.8 Å². The zero-order valence-corrected chi connectivity index (χ0v) is 15.3. The highest BCUT2D eigenvalue weighted by atomic mass is 35.5. The molecule has 1 amide bonds. The molecule has 0 aliphatic rings. The van der Waals surface area contributed by atoms with Crippen LogP contribution in [0.15, 0.2) is 18.2 Å². The van der Waals surface area contributed by atoms with Gasteiger partial charge in [0.05, 0.1) is 5.02 Å². The highest BCUT2D eigenvalue weighted by Crippen LogP contribution is 2.28. The van der Waals surface area contributed by atoms with Crippen LogP contribution in [0.1, 0.15) is 72.1 Å². The minimum absolute atomic E-state index is 0.0709. The number of carbonyl (C=O) groups excluding carboxylic acids is 1. The van der Waals surface area contributed by atoms with Gasteiger partial charge in [0, 0.05) is 18.2 Å². The van der Waals surface area contributed by atoms with Crippen LogP contribution in [0.3, 0.4) is 0 Å². The van der Waals surface area contributed by atoms with Crippen molar-refractivity contribution in [3.05, 3.63) is 29.0 Å². The van der Waals surface area contributed by atoms with Crippen molar-refractivity contribution in [3.63, 3.8) is 0 Å². The van der Waals surface area contributed by atoms with E-state index in [4.69, 9.17) is 11.6 Å². The summed E-state index contributed by atoms with van der Waals surface area (Å²) in [5.41, 5.74) is 0.715. The lowest BCUT2D eigenvalue weighted by molar-refractivity contribution is -0.119. The third kappa shape index (κ3) is 6.14. The van der Waals surface area contributed by atoms with Crippen LogP contribution in [0.25, 0.3) is 0 Å². The lowest BCUT2D eigenvalue weighted by atomic mass is 10.0. The number of hydrogen-bond donors (Lipinski definition) is 0. The van der Waals surface area contributed by atoms with Crippen molar-refractivity contribution >= 4 is 23.2 Å². The van der Waals surface area contributed by atoms with Gasteiger partial charge in [-0.05, 0) is 37.5 Å². The molecule has 1 aromatic carbocycles. The van der Waals surface area contributed by atoms with Gasteiger partial charge in [-0.15, -0.1) is 0 Å². The Labute approximate surface area is 145 Å². The molecule has 0 spiro atoms. The van der Waals surface area contributed by atoms with E-state index in [0.717, 1.165) is 44.9 Å². The average molecular weight is 342 g/mol. The molecule has 0 unspecified atom stereocenters. The van der Waals surface area contributed by atoms with E-state index < -0.39 is 5.82 Å². The van der Waals surface area contributed by atoms with Crippen LogP contribution in [0.4, 0.5) is 10.1 Å². The molecule has 0 saturated heterocycles. The van der Waals surface area contributed by atoms with Crippen LogP contribution in [0.5, 0.6) is 0 Å². The van der Waals surface area contributed by atoms with Crippen molar-refractivity contribution in [2.45, 2.75) is 78.2 Å². The maximum absolute atomic E-state index is 13.5. The summed E-state index contributed by atoms with van der Waals surface area (Å²) in [5.74, 6) is -0.343. The van der Waals surface area contributed by atoms with E-state index in [1.54, 1.807) is 12.1 Å². The molecule has 0 heterocycles. The highest BCUT2D eigenvalue weighted by molar-refractivity contribution is 6.31. The molecule has 0 aliphatic carbocycles. The van der Waals surface area contributed by atoms with Crippen LogP contribution in [-0.4, -0.2) is 11.9 Å². The molecule has 130 valence electrons. The molecule has 0 N–H and O–H groups in total. The first-order valence-corrected chi connectivity index (χ1v) is 9.19. The predicted molar refractivity (Wildman–Crippen MR) is 96.6 cm³/mol. The first-order valence-electron chi connectivity index (χ1n) is 8.82. The third-order valence-corrected chi connectivity index (χ3v) is 4.35. The number of amides is 1. The topological polar surface area (TPSA) is 20.3 Å². The van der Waals surface area contributed by atoms with E-state index in [9.17, 15) is 9.18 Å². The quantitative estimate of drug-likeness (QED) is 0.484. The number of halogens is 2. The third-order valence-electron chi connectivity index (χ3n) is 4.06. The fraction of sp³-hybridized carbons (Fsp3) is 0.632. The molecule has 1 aromatic rings. The number of carbonyl (C=O) groups is 1. The standard InChI is InChI=1S/C19H29ClFNO/c1-4-7-10-15(11-8-5-2)22(19(23)9-6-3)16-12-13-18(21)17(20)14-16/h12-15H,4-11H2,1-3H3. The summed E-state index contributed by atoms with van der Waals surface area (Å²) >= 11 is 5.94. The summed E-state index contributed by atoms with van der Waals surface area (Å²) in [6.45, 7) is 6.31. The molecule has 0 aliphatic heterocycles. The van der Waals surface area contributed by atoms with E-state index in [1.165, 1.54) is 6.07 Å². The lowest BCUT2D eigenvalue weighted by Crippen LogP contribution is -2.40. The Morgan fingerprint density at radius 1 is 1.13 bits per heavy atom. The smallest absolute Gasteiger partial charge is 0.227 e. The fourth-order valence-electron chi connectivity index (χ4n) is 2.81. The summed E-state index contributed by atoms with van der Waals surface area (Å²) < 4.78 is 13.5. The van der Waals surface area contributed by atoms with Crippen LogP contribution in [0, 0.1) is 5.82 Å². The summed E-state index contributed by atoms with van der Waals surface area (Å²) in [7, 11) is 0. The summed E-state index contributed by atoms with van der Waals surface area (Å²) in [6, 6.07) is 4.76. The maximum atomic E-state index is 13.5. The van der Waals surface area contributed by atoms with E-state index in [0.29, 0.717) is 12.1 Å². The van der Waals surface area contributed by atoms with E-state index in [2.05, 4.69) is 13.8 Å². The van der Waals surface area contributed by atoms with Gasteiger partial charge in [-0.1, -0.05) is 58.1 Å². The lowest BCUT2D eigenvalue weighted by Gasteiger charge is -2.32. The summed E-state index contributed by atoms with van der Waals surface area (Å²) in [6.07, 6.45) is 7.62. The first kappa shape index (κ1) is 20.0. The van der Waals surface area contributed by atoms with Crippen molar-refractivity contribution in [1.29, 1.82) is 0 Å². The average Bonchev–Trinajstić information content (AvgIpc) is 2.53. The molecular formula is C19H29ClFNO. The van der Waals surface area contributed by atoms with Gasteiger partial charge in [0.15, 0.2) is 0 Å². The van der Waals surface area contributed by atoms with E-state index in [-0.39, 0.29) is 17.0 Å². The maximum Gasteiger partial charge on any atom is 0.227 e. The van der Waals surface area contributed by atoms with Crippen molar-refractivity contribution in [2.24, 2.45) is 0 Å². The second-order valence-electron chi connectivity index (χ2n) is 6.05. The van der Waals surface area contributed by atoms with Gasteiger partial charge < -0.3 is 4.90 Å². The largest absolute Gasteiger partial charge is 0.309 e. The molecule has 0 aromatic heterocycles. The van der Waals surface area contributed by atoms with Crippen molar-refractivity contribution < 1.29 is 9.18 Å². The number of unbranched alkanes of at least 4 members (excludes halogenated alkanes) is 2. The van der Waals surface area contributed by atoms with Gasteiger partial charge in [0.1, 0.15) is 5.82 Å². The van der Waals surface area contributed by atoms with Gasteiger partial charge in [0.25, 0.3) is 0 Å². The summed E-state index contributed by atoms with van der Waals surface area (Å²) in [4.78, 5) is 14.6. The van der Waals surface area contributed by atoms with Gasteiger partial charge in [-0.2, -0.15) is 0 Å². The Bertz CT molecular complexity index is 484. The normalized spacial score (nSPS) is 11.0. The van der Waals surface area contributed by atoms with Crippen LogP contribution < -0.4 is 4.90 Å². The van der Waals surface area contributed by atoms with Crippen LogP contribution in [0.2, 0.25) is 5.02 Å². The predicted octanol–water partition coefficient (Wildman–Crippen LogP) is 6.36. The minimum Gasteiger partial charge on any atom is -0.309 e. The molecule has 1 rings (SSSR count). The van der Waals surface area contributed by atoms with Crippen molar-refractivity contribution in [1.82, 2.24) is 0 Å². The molecule has 0 bridgehead atoms. The second kappa shape index (κ2) is 10.6. The Hall–Kier alpha value is -1.09. The molecule has 0 atom stereocenters. The minimum atomic E-state index is -0.447. The van der Waals surface area contributed by atoms with Gasteiger partial charge in [-0.3, -0.25) is 4.79 Å².